The molecule has 1 N–H and O–H groups in total. The predicted octanol–water partition coefficient (Wildman–Crippen LogP) is -4.34. The summed E-state index contributed by atoms with van der Waals surface area (Å²) in [7, 11) is 5.04. The Bertz CT molecular complexity index is 153. The minimum absolute atomic E-state index is 0. The molecule has 0 amide bonds. The second-order valence-corrected chi connectivity index (χ2v) is 4.67. The van der Waals surface area contributed by atoms with Crippen LogP contribution in [-0.2, 0) is 9.05 Å². The topological polar surface area (TPSA) is 38.6 Å². The lowest BCUT2D eigenvalue weighted by Gasteiger charge is -2.01. The van der Waals surface area contributed by atoms with E-state index in [-0.39, 0.29) is 18.3 Å². The van der Waals surface area contributed by atoms with Gasteiger partial charge in [-0.05, 0) is 0 Å². The number of quaternary nitrogens is 1. The highest BCUT2D eigenvalue weighted by atomic mass is 35.7. The molecule has 0 aromatic rings. The highest BCUT2D eigenvalue weighted by molar-refractivity contribution is 8.13. The number of rotatable bonds is 2. The standard InChI is InChI=1S/C3H8ClNO2S.ClH/c1-5(2)3-8(4,6)7;/h3H2,1-2H3;1H. The van der Waals surface area contributed by atoms with Crippen LogP contribution in [0.25, 0.3) is 0 Å². The summed E-state index contributed by atoms with van der Waals surface area (Å²) in [6.45, 7) is 0. The molecule has 0 bridgehead atoms. The maximum absolute atomic E-state index is 10.2. The molecule has 3 nitrogen and oxygen atoms in total. The zero-order chi connectivity index (χ0) is 6.78. The molecule has 58 valence electrons. The Balaban J connectivity index is 0. The minimum atomic E-state index is -3.29. The molecule has 0 heterocycles. The van der Waals surface area contributed by atoms with Crippen molar-refractivity contribution in [1.29, 1.82) is 0 Å². The summed E-state index contributed by atoms with van der Waals surface area (Å²) in [5.41, 5.74) is 0. The van der Waals surface area contributed by atoms with E-state index in [0.717, 1.165) is 4.90 Å². The second kappa shape index (κ2) is 4.33. The van der Waals surface area contributed by atoms with Crippen molar-refractivity contribution in [3.05, 3.63) is 0 Å². The third-order valence-electron chi connectivity index (χ3n) is 0.461. The third kappa shape index (κ3) is 11.9. The van der Waals surface area contributed by atoms with Gasteiger partial charge >= 0.3 is 0 Å². The van der Waals surface area contributed by atoms with Crippen molar-refractivity contribution < 1.29 is 25.7 Å². The fraction of sp³-hybridized carbons (Fsp3) is 1.00. The van der Waals surface area contributed by atoms with Crippen LogP contribution in [0.2, 0.25) is 0 Å². The average Bonchev–Trinajstić information content (AvgIpc) is 1.21. The van der Waals surface area contributed by atoms with Crippen LogP contribution in [0.4, 0.5) is 0 Å². The van der Waals surface area contributed by atoms with Gasteiger partial charge in [0.05, 0.1) is 14.1 Å². The Kier molecular flexibility index (Phi) is 5.86. The summed E-state index contributed by atoms with van der Waals surface area (Å²) in [5, 5.41) is 0. The minimum Gasteiger partial charge on any atom is -1.00 e. The van der Waals surface area contributed by atoms with E-state index in [4.69, 9.17) is 10.7 Å². The normalized spacial score (nSPS) is 11.1. The van der Waals surface area contributed by atoms with Crippen molar-refractivity contribution in [2.45, 2.75) is 0 Å². The number of hydrogen-bond acceptors (Lipinski definition) is 2. The molecule has 0 aliphatic carbocycles. The van der Waals surface area contributed by atoms with Crippen LogP contribution in [0.1, 0.15) is 0 Å². The van der Waals surface area contributed by atoms with E-state index < -0.39 is 9.05 Å². The predicted molar refractivity (Wildman–Crippen MR) is 32.5 cm³/mol. The van der Waals surface area contributed by atoms with Gasteiger partial charge in [0, 0.05) is 10.7 Å². The van der Waals surface area contributed by atoms with Gasteiger partial charge in [0.1, 0.15) is 0 Å². The van der Waals surface area contributed by atoms with Crippen LogP contribution in [0.3, 0.4) is 0 Å². The molecule has 0 spiro atoms. The fourth-order valence-electron chi connectivity index (χ4n) is 0.345. The monoisotopic (exact) mass is 193 g/mol. The summed E-state index contributed by atoms with van der Waals surface area (Å²) in [5.74, 6) is -0.0193. The van der Waals surface area contributed by atoms with Crippen LogP contribution < -0.4 is 17.3 Å². The Hall–Kier alpha value is 0.490. The average molecular weight is 194 g/mol. The first kappa shape index (κ1) is 12.2. The molecule has 0 aromatic heterocycles. The SMILES string of the molecule is C[NH+](C)CS(=O)(=O)Cl.[Cl-]. The lowest BCUT2D eigenvalue weighted by molar-refractivity contribution is -0.844. The quantitative estimate of drug-likeness (QED) is 0.451. The molecule has 0 aliphatic rings. The Morgan fingerprint density at radius 2 is 1.78 bits per heavy atom. The van der Waals surface area contributed by atoms with Gasteiger partial charge in [0.25, 0.3) is 9.05 Å². The highest BCUT2D eigenvalue weighted by Gasteiger charge is 2.07. The largest absolute Gasteiger partial charge is 1.00 e. The molecule has 0 rings (SSSR count). The molecule has 0 fully saturated rings. The molecule has 0 saturated carbocycles. The molecule has 9 heavy (non-hydrogen) atoms. The van der Waals surface area contributed by atoms with E-state index in [1.807, 2.05) is 0 Å². The third-order valence-corrected chi connectivity index (χ3v) is 1.71. The van der Waals surface area contributed by atoms with Gasteiger partial charge in [-0.15, -0.1) is 0 Å². The van der Waals surface area contributed by atoms with E-state index in [1.54, 1.807) is 14.1 Å². The number of halogens is 2. The lowest BCUT2D eigenvalue weighted by atomic mass is 11.0. The van der Waals surface area contributed by atoms with Gasteiger partial charge in [0.15, 0.2) is 5.88 Å². The summed E-state index contributed by atoms with van der Waals surface area (Å²) in [6.07, 6.45) is 0. The smallest absolute Gasteiger partial charge is 0.283 e. The van der Waals surface area contributed by atoms with E-state index >= 15 is 0 Å². The maximum Gasteiger partial charge on any atom is 0.283 e. The van der Waals surface area contributed by atoms with Gasteiger partial charge in [-0.3, -0.25) is 0 Å². The Labute approximate surface area is 65.8 Å². The molecular weight excluding hydrogens is 185 g/mol. The highest BCUT2D eigenvalue weighted by Crippen LogP contribution is 1.88. The van der Waals surface area contributed by atoms with Crippen LogP contribution >= 0.6 is 10.7 Å². The van der Waals surface area contributed by atoms with E-state index in [0.29, 0.717) is 0 Å². The molecule has 0 aromatic carbocycles. The van der Waals surface area contributed by atoms with E-state index in [1.165, 1.54) is 0 Å². The van der Waals surface area contributed by atoms with Crippen molar-refractivity contribution in [3.8, 4) is 0 Å². The Morgan fingerprint density at radius 1 is 1.44 bits per heavy atom. The van der Waals surface area contributed by atoms with E-state index in [9.17, 15) is 8.42 Å². The van der Waals surface area contributed by atoms with Gasteiger partial charge in [0.2, 0.25) is 0 Å². The number of hydrogen-bond donors (Lipinski definition) is 1. The van der Waals surface area contributed by atoms with E-state index in [2.05, 4.69) is 0 Å². The Morgan fingerprint density at radius 3 is 1.78 bits per heavy atom. The summed E-state index contributed by atoms with van der Waals surface area (Å²) in [4.78, 5) is 0.806. The van der Waals surface area contributed by atoms with Crippen molar-refractivity contribution in [3.63, 3.8) is 0 Å². The molecular formula is C3H9Cl2NO2S. The zero-order valence-corrected chi connectivity index (χ0v) is 7.52. The molecule has 0 aliphatic heterocycles. The van der Waals surface area contributed by atoms with Crippen LogP contribution in [0, 0.1) is 0 Å². The number of nitrogens with one attached hydrogen (secondary N) is 1. The van der Waals surface area contributed by atoms with Crippen LogP contribution in [0.5, 0.6) is 0 Å². The summed E-state index contributed by atoms with van der Waals surface area (Å²) >= 11 is 0. The first-order valence-corrected chi connectivity index (χ1v) is 4.61. The second-order valence-electron chi connectivity index (χ2n) is 1.89. The summed E-state index contributed by atoms with van der Waals surface area (Å²) in [6, 6.07) is 0. The zero-order valence-electron chi connectivity index (χ0n) is 5.19. The fourth-order valence-corrected chi connectivity index (χ4v) is 1.69. The van der Waals surface area contributed by atoms with Crippen molar-refractivity contribution in [2.75, 3.05) is 20.0 Å². The molecule has 0 radical (unpaired) electrons. The van der Waals surface area contributed by atoms with Gasteiger partial charge < -0.3 is 17.3 Å². The van der Waals surface area contributed by atoms with Crippen LogP contribution in [-0.4, -0.2) is 28.4 Å². The van der Waals surface area contributed by atoms with Gasteiger partial charge in [-0.1, -0.05) is 0 Å². The molecule has 0 unspecified atom stereocenters. The van der Waals surface area contributed by atoms with Gasteiger partial charge in [-0.2, -0.15) is 0 Å². The van der Waals surface area contributed by atoms with Crippen molar-refractivity contribution >= 4 is 19.7 Å². The molecule has 0 saturated heterocycles. The lowest BCUT2D eigenvalue weighted by Crippen LogP contribution is -3.06. The molecule has 6 heteroatoms. The first-order valence-electron chi connectivity index (χ1n) is 2.13. The van der Waals surface area contributed by atoms with Gasteiger partial charge in [-0.25, -0.2) is 8.42 Å². The first-order chi connectivity index (χ1) is 3.42. The van der Waals surface area contributed by atoms with Crippen LogP contribution in [0.15, 0.2) is 0 Å². The van der Waals surface area contributed by atoms with Crippen molar-refractivity contribution in [1.82, 2.24) is 0 Å². The summed E-state index contributed by atoms with van der Waals surface area (Å²) < 4.78 is 20.4. The maximum atomic E-state index is 10.2. The molecule has 0 atom stereocenters. The van der Waals surface area contributed by atoms with Crippen molar-refractivity contribution in [2.24, 2.45) is 0 Å².